The SMILES string of the molecule is CCNC(=NCc1ccc(N2CCCCCC2)nc1)NCCCNC(=O)OC(C)(C)C.I. The summed E-state index contributed by atoms with van der Waals surface area (Å²) in [6.45, 7) is 12.4. The van der Waals surface area contributed by atoms with E-state index in [9.17, 15) is 4.79 Å². The molecule has 2 rings (SSSR count). The van der Waals surface area contributed by atoms with Gasteiger partial charge < -0.3 is 25.6 Å². The molecule has 1 amide bonds. The van der Waals surface area contributed by atoms with Crippen molar-refractivity contribution in [1.82, 2.24) is 20.9 Å². The molecule has 1 fully saturated rings. The summed E-state index contributed by atoms with van der Waals surface area (Å²) < 4.78 is 5.23. The number of aromatic nitrogens is 1. The second kappa shape index (κ2) is 15.1. The summed E-state index contributed by atoms with van der Waals surface area (Å²) in [5, 5.41) is 9.32. The average molecular weight is 561 g/mol. The fourth-order valence-electron chi connectivity index (χ4n) is 3.31. The number of rotatable bonds is 8. The second-order valence-corrected chi connectivity index (χ2v) is 8.83. The second-order valence-electron chi connectivity index (χ2n) is 8.83. The predicted octanol–water partition coefficient (Wildman–Crippen LogP) is 4.05. The van der Waals surface area contributed by atoms with Gasteiger partial charge in [-0.05, 0) is 58.6 Å². The molecular formula is C23H41IN6O2. The van der Waals surface area contributed by atoms with Crippen molar-refractivity contribution in [1.29, 1.82) is 0 Å². The van der Waals surface area contributed by atoms with E-state index < -0.39 is 5.60 Å². The van der Waals surface area contributed by atoms with E-state index in [1.807, 2.05) is 33.9 Å². The quantitative estimate of drug-likeness (QED) is 0.193. The fraction of sp³-hybridized carbons (Fsp3) is 0.696. The molecule has 1 aromatic heterocycles. The van der Waals surface area contributed by atoms with Gasteiger partial charge in [0.1, 0.15) is 11.4 Å². The number of pyridine rings is 1. The van der Waals surface area contributed by atoms with Gasteiger partial charge in [0, 0.05) is 38.9 Å². The third-order valence-electron chi connectivity index (χ3n) is 4.82. The Morgan fingerprint density at radius 2 is 1.78 bits per heavy atom. The van der Waals surface area contributed by atoms with E-state index in [0.29, 0.717) is 19.6 Å². The lowest BCUT2D eigenvalue weighted by Crippen LogP contribution is -2.39. The third kappa shape index (κ3) is 11.7. The van der Waals surface area contributed by atoms with Gasteiger partial charge in [0.15, 0.2) is 5.96 Å². The van der Waals surface area contributed by atoms with E-state index in [-0.39, 0.29) is 30.1 Å². The number of anilines is 1. The van der Waals surface area contributed by atoms with Gasteiger partial charge in [0.25, 0.3) is 0 Å². The summed E-state index contributed by atoms with van der Waals surface area (Å²) in [6.07, 6.45) is 7.45. The predicted molar refractivity (Wildman–Crippen MR) is 142 cm³/mol. The normalized spacial score (nSPS) is 14.8. The molecule has 1 aromatic rings. The van der Waals surface area contributed by atoms with Crippen LogP contribution >= 0.6 is 24.0 Å². The smallest absolute Gasteiger partial charge is 0.407 e. The Hall–Kier alpha value is -1.78. The number of carbonyl (C=O) groups is 1. The van der Waals surface area contributed by atoms with Gasteiger partial charge in [-0.2, -0.15) is 0 Å². The zero-order valence-electron chi connectivity index (χ0n) is 20.1. The van der Waals surface area contributed by atoms with Crippen LogP contribution in [0.1, 0.15) is 65.4 Å². The third-order valence-corrected chi connectivity index (χ3v) is 4.82. The van der Waals surface area contributed by atoms with Crippen LogP contribution in [0.3, 0.4) is 0 Å². The molecule has 8 nitrogen and oxygen atoms in total. The molecule has 1 aliphatic heterocycles. The first-order valence-electron chi connectivity index (χ1n) is 11.6. The molecule has 0 unspecified atom stereocenters. The van der Waals surface area contributed by atoms with E-state index in [0.717, 1.165) is 43.4 Å². The van der Waals surface area contributed by atoms with E-state index in [1.165, 1.54) is 25.7 Å². The topological polar surface area (TPSA) is 90.9 Å². The molecular weight excluding hydrogens is 519 g/mol. The maximum atomic E-state index is 11.7. The number of amides is 1. The highest BCUT2D eigenvalue weighted by Crippen LogP contribution is 2.17. The molecule has 1 saturated heterocycles. The highest BCUT2D eigenvalue weighted by Gasteiger charge is 2.15. The molecule has 9 heteroatoms. The Labute approximate surface area is 210 Å². The molecule has 0 atom stereocenters. The molecule has 0 saturated carbocycles. The van der Waals surface area contributed by atoms with Gasteiger partial charge in [0.2, 0.25) is 0 Å². The first-order valence-corrected chi connectivity index (χ1v) is 11.6. The van der Waals surface area contributed by atoms with Crippen molar-refractivity contribution >= 4 is 41.8 Å². The summed E-state index contributed by atoms with van der Waals surface area (Å²) >= 11 is 0. The van der Waals surface area contributed by atoms with E-state index in [4.69, 9.17) is 4.74 Å². The maximum Gasteiger partial charge on any atom is 0.407 e. The number of hydrogen-bond donors (Lipinski definition) is 3. The van der Waals surface area contributed by atoms with Crippen LogP contribution in [-0.2, 0) is 11.3 Å². The lowest BCUT2D eigenvalue weighted by molar-refractivity contribution is 0.0527. The van der Waals surface area contributed by atoms with Crippen LogP contribution in [-0.4, -0.2) is 55.4 Å². The summed E-state index contributed by atoms with van der Waals surface area (Å²) in [7, 11) is 0. The summed E-state index contributed by atoms with van der Waals surface area (Å²) in [5.74, 6) is 1.83. The fourth-order valence-corrected chi connectivity index (χ4v) is 3.31. The molecule has 32 heavy (non-hydrogen) atoms. The van der Waals surface area contributed by atoms with Crippen LogP contribution in [0.15, 0.2) is 23.3 Å². The number of nitrogens with zero attached hydrogens (tertiary/aromatic N) is 3. The lowest BCUT2D eigenvalue weighted by atomic mass is 10.2. The molecule has 2 heterocycles. The number of ether oxygens (including phenoxy) is 1. The van der Waals surface area contributed by atoms with Crippen LogP contribution in [0.25, 0.3) is 0 Å². The van der Waals surface area contributed by atoms with Crippen molar-refractivity contribution < 1.29 is 9.53 Å². The largest absolute Gasteiger partial charge is 0.444 e. The van der Waals surface area contributed by atoms with E-state index in [1.54, 1.807) is 0 Å². The van der Waals surface area contributed by atoms with Crippen LogP contribution in [0.2, 0.25) is 0 Å². The van der Waals surface area contributed by atoms with Crippen molar-refractivity contribution in [2.24, 2.45) is 4.99 Å². The van der Waals surface area contributed by atoms with Crippen LogP contribution < -0.4 is 20.9 Å². The number of alkyl carbamates (subject to hydrolysis) is 1. The van der Waals surface area contributed by atoms with Gasteiger partial charge in [-0.25, -0.2) is 14.8 Å². The van der Waals surface area contributed by atoms with Gasteiger partial charge in [-0.3, -0.25) is 0 Å². The number of nitrogens with one attached hydrogen (secondary N) is 3. The summed E-state index contributed by atoms with van der Waals surface area (Å²) in [4.78, 5) is 23.4. The standard InChI is InChI=1S/C23H40N6O2.HI/c1-5-24-21(25-13-10-14-26-22(30)31-23(2,3)4)28-18-19-11-12-20(27-17-19)29-15-8-6-7-9-16-29;/h11-12,17H,5-10,13-16,18H2,1-4H3,(H,26,30)(H2,24,25,28);1H. The van der Waals surface area contributed by atoms with E-state index >= 15 is 0 Å². The van der Waals surface area contributed by atoms with Crippen molar-refractivity contribution in [2.75, 3.05) is 37.6 Å². The highest BCUT2D eigenvalue weighted by molar-refractivity contribution is 14.0. The van der Waals surface area contributed by atoms with Crippen molar-refractivity contribution in [3.8, 4) is 0 Å². The number of carbonyl (C=O) groups excluding carboxylic acids is 1. The number of hydrogen-bond acceptors (Lipinski definition) is 5. The minimum Gasteiger partial charge on any atom is -0.444 e. The Kier molecular flexibility index (Phi) is 13.4. The number of guanidine groups is 1. The van der Waals surface area contributed by atoms with Gasteiger partial charge in [-0.15, -0.1) is 24.0 Å². The molecule has 0 spiro atoms. The number of halogens is 1. The average Bonchev–Trinajstić information content (AvgIpc) is 3.00. The van der Waals surface area contributed by atoms with Crippen LogP contribution in [0, 0.1) is 0 Å². The Morgan fingerprint density at radius 3 is 2.38 bits per heavy atom. The summed E-state index contributed by atoms with van der Waals surface area (Å²) in [6, 6.07) is 4.23. The molecule has 0 radical (unpaired) electrons. The maximum absolute atomic E-state index is 11.7. The van der Waals surface area contributed by atoms with Crippen LogP contribution in [0.5, 0.6) is 0 Å². The zero-order chi connectivity index (χ0) is 22.5. The van der Waals surface area contributed by atoms with Crippen molar-refractivity contribution in [3.63, 3.8) is 0 Å². The summed E-state index contributed by atoms with van der Waals surface area (Å²) in [5.41, 5.74) is 0.607. The van der Waals surface area contributed by atoms with Crippen LogP contribution in [0.4, 0.5) is 10.6 Å². The molecule has 182 valence electrons. The lowest BCUT2D eigenvalue weighted by Gasteiger charge is -2.21. The number of aliphatic imine (C=N–C) groups is 1. The van der Waals surface area contributed by atoms with Gasteiger partial charge in [-0.1, -0.05) is 18.9 Å². The van der Waals surface area contributed by atoms with E-state index in [2.05, 4.69) is 43.0 Å². The molecule has 3 N–H and O–H groups in total. The minimum absolute atomic E-state index is 0. The van der Waals surface area contributed by atoms with Crippen molar-refractivity contribution in [3.05, 3.63) is 23.9 Å². The Balaban J connectivity index is 0.00000512. The van der Waals surface area contributed by atoms with Gasteiger partial charge >= 0.3 is 6.09 Å². The first-order chi connectivity index (χ1) is 14.9. The molecule has 1 aliphatic rings. The zero-order valence-corrected chi connectivity index (χ0v) is 22.4. The first kappa shape index (κ1) is 28.3. The molecule has 0 aromatic carbocycles. The Bertz CT molecular complexity index is 683. The Morgan fingerprint density at radius 1 is 1.09 bits per heavy atom. The monoisotopic (exact) mass is 560 g/mol. The minimum atomic E-state index is -0.479. The van der Waals surface area contributed by atoms with Crippen molar-refractivity contribution in [2.45, 2.75) is 71.9 Å². The molecule has 0 bridgehead atoms. The molecule has 0 aliphatic carbocycles. The highest BCUT2D eigenvalue weighted by atomic mass is 127. The van der Waals surface area contributed by atoms with Gasteiger partial charge in [0.05, 0.1) is 6.54 Å².